The van der Waals surface area contributed by atoms with Gasteiger partial charge in [-0.3, -0.25) is 0 Å². The topological polar surface area (TPSA) is 44.8 Å². The van der Waals surface area contributed by atoms with Gasteiger partial charge in [-0.25, -0.2) is 4.79 Å². The molecular weight excluding hydrogens is 316 g/mol. The maximum atomic E-state index is 11.3. The van der Waals surface area contributed by atoms with Crippen LogP contribution in [0.25, 0.3) is 0 Å². The second-order valence-corrected chi connectivity index (χ2v) is 18.2. The summed E-state index contributed by atoms with van der Waals surface area (Å²) in [4.78, 5) is 11.3. The quantitative estimate of drug-likeness (QED) is 0.200. The van der Waals surface area contributed by atoms with Crippen LogP contribution in [0.3, 0.4) is 0 Å². The zero-order valence-corrected chi connectivity index (χ0v) is 18.2. The van der Waals surface area contributed by atoms with Gasteiger partial charge in [-0.15, -0.1) is 0 Å². The molecule has 0 N–H and O–H groups in total. The van der Waals surface area contributed by atoms with Gasteiger partial charge in [0.05, 0.1) is 16.1 Å². The molecule has 0 saturated heterocycles. The highest BCUT2D eigenvalue weighted by atomic mass is 28.4. The highest BCUT2D eigenvalue weighted by Crippen LogP contribution is 2.14. The highest BCUT2D eigenvalue weighted by molar-refractivity contribution is 6.71. The van der Waals surface area contributed by atoms with Crippen molar-refractivity contribution in [3.63, 3.8) is 0 Å². The lowest BCUT2D eigenvalue weighted by atomic mass is 10.4. The number of hydrogen-bond donors (Lipinski definition) is 0. The predicted molar refractivity (Wildman–Crippen MR) is 96.4 cm³/mol. The van der Waals surface area contributed by atoms with Crippen molar-refractivity contribution in [1.29, 1.82) is 0 Å². The van der Waals surface area contributed by atoms with Gasteiger partial charge in [-0.05, 0) is 52.6 Å². The standard InChI is InChI=1S/C14H32O4Si3/c1-12(2)13(15)16-10-9-11-19-14(17-20(3,4)5)18-21(6,7)8/h14H,1,9-11,19H2,2-8H3. The summed E-state index contributed by atoms with van der Waals surface area (Å²) in [5.74, 6) is -0.287. The molecule has 0 unspecified atom stereocenters. The third-order valence-corrected chi connectivity index (χ3v) is 6.71. The van der Waals surface area contributed by atoms with E-state index in [1.807, 2.05) is 0 Å². The smallest absolute Gasteiger partial charge is 0.333 e. The van der Waals surface area contributed by atoms with E-state index in [4.69, 9.17) is 13.6 Å². The third-order valence-electron chi connectivity index (χ3n) is 2.39. The average molecular weight is 349 g/mol. The summed E-state index contributed by atoms with van der Waals surface area (Å²) in [5.41, 5.74) is 0.453. The number of hydrogen-bond acceptors (Lipinski definition) is 4. The van der Waals surface area contributed by atoms with Gasteiger partial charge in [-0.1, -0.05) is 12.6 Å². The van der Waals surface area contributed by atoms with E-state index in [0.29, 0.717) is 12.2 Å². The molecule has 0 bridgehead atoms. The van der Waals surface area contributed by atoms with Crippen molar-refractivity contribution in [2.45, 2.75) is 64.6 Å². The van der Waals surface area contributed by atoms with E-state index in [1.165, 1.54) is 0 Å². The second kappa shape index (κ2) is 9.04. The van der Waals surface area contributed by atoms with Crippen LogP contribution in [0.5, 0.6) is 0 Å². The minimum Gasteiger partial charge on any atom is -0.462 e. The van der Waals surface area contributed by atoms with Crippen LogP contribution < -0.4 is 0 Å². The second-order valence-electron chi connectivity index (χ2n) is 7.30. The molecule has 7 heteroatoms. The van der Waals surface area contributed by atoms with Crippen LogP contribution in [0.4, 0.5) is 0 Å². The van der Waals surface area contributed by atoms with Crippen LogP contribution in [0.1, 0.15) is 13.3 Å². The first-order valence-electron chi connectivity index (χ1n) is 7.59. The van der Waals surface area contributed by atoms with Crippen LogP contribution in [-0.2, 0) is 18.4 Å². The normalized spacial score (nSPS) is 13.1. The summed E-state index contributed by atoms with van der Waals surface area (Å²) in [6.45, 7) is 18.8. The number of ether oxygens (including phenoxy) is 1. The van der Waals surface area contributed by atoms with Crippen LogP contribution in [0.15, 0.2) is 12.2 Å². The molecule has 0 aliphatic heterocycles. The van der Waals surface area contributed by atoms with E-state index in [1.54, 1.807) is 6.92 Å². The van der Waals surface area contributed by atoms with Crippen molar-refractivity contribution in [1.82, 2.24) is 0 Å². The van der Waals surface area contributed by atoms with Gasteiger partial charge < -0.3 is 13.6 Å². The fourth-order valence-corrected chi connectivity index (χ4v) is 8.17. The Morgan fingerprint density at radius 3 is 1.95 bits per heavy atom. The molecule has 124 valence electrons. The molecule has 0 saturated carbocycles. The molecule has 0 aromatic heterocycles. The molecular formula is C14H32O4Si3. The summed E-state index contributed by atoms with van der Waals surface area (Å²) in [6, 6.07) is 1.06. The number of rotatable bonds is 10. The predicted octanol–water partition coefficient (Wildman–Crippen LogP) is 3.07. The Bertz CT molecular complexity index is 329. The maximum Gasteiger partial charge on any atom is 0.333 e. The molecule has 4 nitrogen and oxygen atoms in total. The van der Waals surface area contributed by atoms with E-state index in [-0.39, 0.29) is 11.9 Å². The van der Waals surface area contributed by atoms with Crippen molar-refractivity contribution < 1.29 is 18.4 Å². The highest BCUT2D eigenvalue weighted by Gasteiger charge is 2.26. The molecule has 0 aromatic rings. The van der Waals surface area contributed by atoms with Gasteiger partial charge in [0.25, 0.3) is 0 Å². The van der Waals surface area contributed by atoms with Crippen LogP contribution >= 0.6 is 0 Å². The first-order chi connectivity index (χ1) is 9.41. The molecule has 0 heterocycles. The van der Waals surface area contributed by atoms with E-state index < -0.39 is 26.2 Å². The third kappa shape index (κ3) is 13.2. The van der Waals surface area contributed by atoms with E-state index in [2.05, 4.69) is 45.9 Å². The van der Waals surface area contributed by atoms with Crippen LogP contribution in [0.2, 0.25) is 45.3 Å². The Balaban J connectivity index is 4.13. The molecule has 0 aliphatic rings. The van der Waals surface area contributed by atoms with Gasteiger partial charge in [-0.2, -0.15) is 0 Å². The molecule has 0 aliphatic carbocycles. The fraction of sp³-hybridized carbons (Fsp3) is 0.786. The Kier molecular flexibility index (Phi) is 8.95. The first kappa shape index (κ1) is 20.8. The van der Waals surface area contributed by atoms with Crippen molar-refractivity contribution in [3.8, 4) is 0 Å². The Labute approximate surface area is 134 Å². The Morgan fingerprint density at radius 1 is 1.10 bits per heavy atom. The fourth-order valence-electron chi connectivity index (χ4n) is 1.63. The van der Waals surface area contributed by atoms with Crippen LogP contribution in [0, 0.1) is 0 Å². The lowest BCUT2D eigenvalue weighted by Gasteiger charge is -2.31. The van der Waals surface area contributed by atoms with Crippen LogP contribution in [-0.4, -0.2) is 44.6 Å². The molecule has 0 rings (SSSR count). The van der Waals surface area contributed by atoms with Gasteiger partial charge >= 0.3 is 5.97 Å². The minimum atomic E-state index is -1.59. The molecule has 0 atom stereocenters. The van der Waals surface area contributed by atoms with E-state index in [0.717, 1.165) is 12.5 Å². The lowest BCUT2D eigenvalue weighted by Crippen LogP contribution is -2.43. The first-order valence-corrected chi connectivity index (χ1v) is 16.2. The summed E-state index contributed by atoms with van der Waals surface area (Å²) in [7, 11) is -3.66. The average Bonchev–Trinajstić information content (AvgIpc) is 2.23. The van der Waals surface area contributed by atoms with Gasteiger partial charge in [0.15, 0.2) is 16.6 Å². The van der Waals surface area contributed by atoms with Crippen molar-refractivity contribution in [2.75, 3.05) is 6.61 Å². The largest absolute Gasteiger partial charge is 0.462 e. The number of carbonyl (C=O) groups excluding carboxylic acids is 1. The summed E-state index contributed by atoms with van der Waals surface area (Å²) in [6.07, 6.45) is 0.881. The summed E-state index contributed by atoms with van der Waals surface area (Å²) in [5, 5.41) is 0. The molecule has 0 fully saturated rings. The molecule has 0 radical (unpaired) electrons. The number of esters is 1. The van der Waals surface area contributed by atoms with Crippen molar-refractivity contribution >= 4 is 32.1 Å². The Morgan fingerprint density at radius 2 is 1.57 bits per heavy atom. The molecule has 21 heavy (non-hydrogen) atoms. The van der Waals surface area contributed by atoms with Gasteiger partial charge in [0, 0.05) is 5.57 Å². The lowest BCUT2D eigenvalue weighted by molar-refractivity contribution is -0.138. The number of carbonyl (C=O) groups is 1. The zero-order valence-electron chi connectivity index (χ0n) is 14.7. The van der Waals surface area contributed by atoms with Gasteiger partial charge in [0.1, 0.15) is 5.91 Å². The van der Waals surface area contributed by atoms with E-state index >= 15 is 0 Å². The zero-order chi connectivity index (χ0) is 16.7. The summed E-state index contributed by atoms with van der Waals surface area (Å²) < 4.78 is 17.4. The van der Waals surface area contributed by atoms with Crippen molar-refractivity contribution in [3.05, 3.63) is 12.2 Å². The SMILES string of the molecule is C=C(C)C(=O)OCCC[SiH2]C(O[Si](C)(C)C)O[Si](C)(C)C. The van der Waals surface area contributed by atoms with Gasteiger partial charge in [0.2, 0.25) is 0 Å². The monoisotopic (exact) mass is 348 g/mol. The minimum absolute atomic E-state index is 0.0141. The maximum absolute atomic E-state index is 11.3. The molecule has 0 spiro atoms. The molecule has 0 aromatic carbocycles. The van der Waals surface area contributed by atoms with E-state index in [9.17, 15) is 4.79 Å². The van der Waals surface area contributed by atoms with Crippen molar-refractivity contribution in [2.24, 2.45) is 0 Å². The Hall–Kier alpha value is -0.219. The summed E-state index contributed by atoms with van der Waals surface area (Å²) >= 11 is 0. The molecule has 0 amide bonds.